The van der Waals surface area contributed by atoms with E-state index < -0.39 is 25.3 Å². The Labute approximate surface area is 229 Å². The SMILES string of the molecule is CC1=CCC(S(=O)(=O)n2ccc3c2N=CC2=NCCC=C(C45CCC6(NS(=O)(=O)C7CC7)CC64CC5)N23)C=C1. The van der Waals surface area contributed by atoms with Gasteiger partial charge in [0.1, 0.15) is 5.25 Å². The summed E-state index contributed by atoms with van der Waals surface area (Å²) in [5, 5.41) is -0.867. The molecule has 11 heteroatoms. The van der Waals surface area contributed by atoms with Gasteiger partial charge in [-0.1, -0.05) is 29.9 Å². The first-order valence-electron chi connectivity index (χ1n) is 14.1. The second kappa shape index (κ2) is 7.61. The molecular formula is C28H33N5O4S2. The van der Waals surface area contributed by atoms with E-state index in [2.05, 4.69) is 20.7 Å². The van der Waals surface area contributed by atoms with Gasteiger partial charge in [0.2, 0.25) is 20.0 Å². The van der Waals surface area contributed by atoms with Gasteiger partial charge in [-0.25, -0.2) is 30.5 Å². The smallest absolute Gasteiger partial charge is 0.247 e. The molecule has 9 nitrogen and oxygen atoms in total. The number of hydrogen-bond donors (Lipinski definition) is 1. The van der Waals surface area contributed by atoms with E-state index in [1.165, 1.54) is 3.97 Å². The van der Waals surface area contributed by atoms with Crippen LogP contribution in [0.25, 0.3) is 0 Å². The molecule has 1 aromatic heterocycles. The Kier molecular flexibility index (Phi) is 4.75. The number of aromatic nitrogens is 1. The van der Waals surface area contributed by atoms with Crippen molar-refractivity contribution < 1.29 is 16.8 Å². The Balaban J connectivity index is 1.17. The van der Waals surface area contributed by atoms with Gasteiger partial charge < -0.3 is 0 Å². The molecule has 7 aliphatic rings. The number of amidine groups is 1. The van der Waals surface area contributed by atoms with Crippen molar-refractivity contribution in [1.29, 1.82) is 0 Å². The minimum atomic E-state index is -3.71. The fourth-order valence-electron chi connectivity index (χ4n) is 8.21. The van der Waals surface area contributed by atoms with Crippen molar-refractivity contribution in [2.24, 2.45) is 20.8 Å². The normalized spacial score (nSPS) is 36.5. The van der Waals surface area contributed by atoms with Crippen molar-refractivity contribution in [3.05, 3.63) is 47.8 Å². The number of rotatable bonds is 6. The van der Waals surface area contributed by atoms with Gasteiger partial charge in [0.15, 0.2) is 11.7 Å². The molecule has 0 saturated heterocycles. The molecule has 0 amide bonds. The first-order chi connectivity index (χ1) is 18.6. The van der Waals surface area contributed by atoms with E-state index in [9.17, 15) is 16.8 Å². The summed E-state index contributed by atoms with van der Waals surface area (Å²) in [5.74, 6) is 1.13. The Bertz CT molecular complexity index is 1670. The molecule has 206 valence electrons. The predicted octanol–water partition coefficient (Wildman–Crippen LogP) is 3.93. The number of nitrogens with zero attached hydrogens (tertiary/aromatic N) is 4. The Morgan fingerprint density at radius 1 is 1.08 bits per heavy atom. The topological polar surface area (TPSA) is 113 Å². The van der Waals surface area contributed by atoms with E-state index >= 15 is 0 Å². The largest absolute Gasteiger partial charge is 0.294 e. The monoisotopic (exact) mass is 567 g/mol. The highest BCUT2D eigenvalue weighted by molar-refractivity contribution is 7.91. The van der Waals surface area contributed by atoms with Crippen LogP contribution < -0.4 is 9.62 Å². The third-order valence-electron chi connectivity index (χ3n) is 10.5. The third kappa shape index (κ3) is 3.09. The lowest BCUT2D eigenvalue weighted by Crippen LogP contribution is -2.52. The lowest BCUT2D eigenvalue weighted by molar-refractivity contribution is 0.0553. The molecule has 8 rings (SSSR count). The summed E-state index contributed by atoms with van der Waals surface area (Å²) in [6.07, 6.45) is 18.6. The maximum atomic E-state index is 13.7. The zero-order valence-electron chi connectivity index (χ0n) is 22.0. The van der Waals surface area contributed by atoms with E-state index in [-0.39, 0.29) is 21.6 Å². The lowest BCUT2D eigenvalue weighted by atomic mass is 9.55. The first-order valence-corrected chi connectivity index (χ1v) is 17.1. The minimum absolute atomic E-state index is 0.0796. The van der Waals surface area contributed by atoms with E-state index in [0.717, 1.165) is 74.2 Å². The van der Waals surface area contributed by atoms with Crippen molar-refractivity contribution in [3.8, 4) is 0 Å². The van der Waals surface area contributed by atoms with Gasteiger partial charge in [-0.05, 0) is 70.8 Å². The van der Waals surface area contributed by atoms with E-state index in [1.807, 2.05) is 25.1 Å². The van der Waals surface area contributed by atoms with Gasteiger partial charge in [-0.2, -0.15) is 0 Å². The van der Waals surface area contributed by atoms with Crippen molar-refractivity contribution in [2.75, 3.05) is 11.4 Å². The van der Waals surface area contributed by atoms with E-state index in [4.69, 9.17) is 4.99 Å². The maximum Gasteiger partial charge on any atom is 0.247 e. The highest BCUT2D eigenvalue weighted by Gasteiger charge is 2.85. The fourth-order valence-corrected chi connectivity index (χ4v) is 11.6. The standard InChI is InChI=1S/C28H33N5O4S2/c1-19-4-6-21(7-5-19)39(36,37)32-16-10-22-25(32)30-17-24-29-15-2-3-23(33(22)24)26-11-13-27(26)18-28(27,14-12-26)31-38(34,35)20-8-9-20/h3-6,10,16-17,20-21,31H,2,7-9,11-15,18H2,1H3. The number of aliphatic imine (C=N–C) groups is 2. The van der Waals surface area contributed by atoms with Crippen LogP contribution in [0.3, 0.4) is 0 Å². The van der Waals surface area contributed by atoms with Crippen LogP contribution in [0.1, 0.15) is 64.7 Å². The highest BCUT2D eigenvalue weighted by atomic mass is 32.2. The summed E-state index contributed by atoms with van der Waals surface area (Å²) in [7, 11) is -6.99. The molecule has 2 aliphatic heterocycles. The van der Waals surface area contributed by atoms with Crippen LogP contribution in [-0.4, -0.2) is 55.4 Å². The molecule has 0 aromatic carbocycles. The maximum absolute atomic E-state index is 13.7. The van der Waals surface area contributed by atoms with Gasteiger partial charge in [-0.15, -0.1) is 0 Å². The fraction of sp³-hybridized carbons (Fsp3) is 0.571. The minimum Gasteiger partial charge on any atom is -0.294 e. The summed E-state index contributed by atoms with van der Waals surface area (Å²) in [6, 6.07) is 1.85. The lowest BCUT2D eigenvalue weighted by Gasteiger charge is -2.53. The summed E-state index contributed by atoms with van der Waals surface area (Å²) in [6.45, 7) is 2.60. The van der Waals surface area contributed by atoms with Crippen LogP contribution >= 0.6 is 0 Å². The average molecular weight is 568 g/mol. The van der Waals surface area contributed by atoms with Crippen molar-refractivity contribution in [3.63, 3.8) is 0 Å². The molecule has 1 N–H and O–H groups in total. The van der Waals surface area contributed by atoms with Crippen molar-refractivity contribution in [1.82, 2.24) is 8.69 Å². The van der Waals surface area contributed by atoms with E-state index in [0.29, 0.717) is 18.8 Å². The Morgan fingerprint density at radius 2 is 1.90 bits per heavy atom. The number of allylic oxidation sites excluding steroid dienone is 4. The van der Waals surface area contributed by atoms with Crippen LogP contribution in [-0.2, 0) is 20.0 Å². The Morgan fingerprint density at radius 3 is 2.62 bits per heavy atom. The molecule has 4 unspecified atom stereocenters. The van der Waals surface area contributed by atoms with Crippen LogP contribution in [0.15, 0.2) is 57.8 Å². The van der Waals surface area contributed by atoms with Crippen molar-refractivity contribution in [2.45, 2.75) is 80.7 Å². The average Bonchev–Trinajstić information content (AvgIpc) is 3.80. The zero-order chi connectivity index (χ0) is 26.8. The summed E-state index contributed by atoms with van der Waals surface area (Å²) in [5.41, 5.74) is 2.36. The molecule has 4 fully saturated rings. The molecule has 5 aliphatic carbocycles. The van der Waals surface area contributed by atoms with E-state index in [1.54, 1.807) is 18.5 Å². The Hall–Kier alpha value is -2.50. The summed E-state index contributed by atoms with van der Waals surface area (Å²) < 4.78 is 57.9. The molecule has 39 heavy (non-hydrogen) atoms. The number of nitrogens with one attached hydrogen (secondary N) is 1. The second-order valence-electron chi connectivity index (χ2n) is 12.4. The number of anilines is 1. The number of sulfonamides is 1. The summed E-state index contributed by atoms with van der Waals surface area (Å²) in [4.78, 5) is 11.6. The number of hydrogen-bond acceptors (Lipinski definition) is 7. The molecule has 4 saturated carbocycles. The van der Waals surface area contributed by atoms with Crippen LogP contribution in [0.2, 0.25) is 0 Å². The molecule has 4 atom stereocenters. The van der Waals surface area contributed by atoms with Gasteiger partial charge >= 0.3 is 0 Å². The predicted molar refractivity (Wildman–Crippen MR) is 151 cm³/mol. The molecule has 0 radical (unpaired) electrons. The molecule has 0 bridgehead atoms. The molecular weight excluding hydrogens is 534 g/mol. The van der Waals surface area contributed by atoms with Gasteiger partial charge in [-0.3, -0.25) is 9.89 Å². The van der Waals surface area contributed by atoms with Crippen LogP contribution in [0.5, 0.6) is 0 Å². The molecule has 1 aromatic rings. The number of fused-ring (bicyclic) bond motifs is 3. The molecule has 1 spiro atoms. The molecule has 3 heterocycles. The van der Waals surface area contributed by atoms with Gasteiger partial charge in [0.05, 0.1) is 17.2 Å². The first kappa shape index (κ1) is 24.3. The third-order valence-corrected chi connectivity index (χ3v) is 14.5. The van der Waals surface area contributed by atoms with Gasteiger partial charge in [0, 0.05) is 34.8 Å². The zero-order valence-corrected chi connectivity index (χ0v) is 23.6. The van der Waals surface area contributed by atoms with Crippen LogP contribution in [0.4, 0.5) is 11.5 Å². The van der Waals surface area contributed by atoms with Crippen molar-refractivity contribution >= 4 is 43.6 Å². The van der Waals surface area contributed by atoms with Crippen LogP contribution in [0, 0.1) is 10.8 Å². The quantitative estimate of drug-likeness (QED) is 0.560. The summed E-state index contributed by atoms with van der Waals surface area (Å²) >= 11 is 0. The highest BCUT2D eigenvalue weighted by Crippen LogP contribution is 2.86. The second-order valence-corrected chi connectivity index (χ2v) is 16.4. The van der Waals surface area contributed by atoms with Gasteiger partial charge in [0.25, 0.3) is 0 Å².